The molecule has 2 saturated carbocycles. The molecule has 0 aromatic carbocycles. The highest BCUT2D eigenvalue weighted by atomic mass is 16.1. The first kappa shape index (κ1) is 9.23. The lowest BCUT2D eigenvalue weighted by atomic mass is 9.76. The molecule has 1 unspecified atom stereocenters. The van der Waals surface area contributed by atoms with Crippen LogP contribution in [0.15, 0.2) is 0 Å². The van der Waals surface area contributed by atoms with Gasteiger partial charge in [-0.1, -0.05) is 13.8 Å². The monoisotopic (exact) mass is 180 g/mol. The van der Waals surface area contributed by atoms with Crippen LogP contribution in [0, 0.1) is 17.3 Å². The van der Waals surface area contributed by atoms with Gasteiger partial charge in [0, 0.05) is 12.3 Å². The highest BCUT2D eigenvalue weighted by molar-refractivity contribution is 5.82. The second-order valence-electron chi connectivity index (χ2n) is 5.51. The summed E-state index contributed by atoms with van der Waals surface area (Å²) in [6.07, 6.45) is 7.19. The van der Waals surface area contributed by atoms with Crippen molar-refractivity contribution in [2.24, 2.45) is 17.3 Å². The van der Waals surface area contributed by atoms with E-state index in [1.165, 1.54) is 25.7 Å². The van der Waals surface area contributed by atoms with Gasteiger partial charge in [-0.05, 0) is 43.4 Å². The topological polar surface area (TPSA) is 17.1 Å². The number of carbonyl (C=O) groups excluding carboxylic acids is 1. The number of rotatable bonds is 2. The van der Waals surface area contributed by atoms with Crippen LogP contribution in [0.25, 0.3) is 0 Å². The molecule has 1 heteroatoms. The van der Waals surface area contributed by atoms with Gasteiger partial charge in [0.15, 0.2) is 0 Å². The Morgan fingerprint density at radius 3 is 2.54 bits per heavy atom. The lowest BCUT2D eigenvalue weighted by molar-refractivity contribution is -0.127. The van der Waals surface area contributed by atoms with Gasteiger partial charge in [-0.2, -0.15) is 0 Å². The number of carbonyl (C=O) groups is 1. The fraction of sp³-hybridized carbons (Fsp3) is 0.917. The molecule has 0 aromatic heterocycles. The zero-order valence-electron chi connectivity index (χ0n) is 8.81. The molecule has 2 fully saturated rings. The Morgan fingerprint density at radius 1 is 1.38 bits per heavy atom. The summed E-state index contributed by atoms with van der Waals surface area (Å²) in [6, 6.07) is 0. The van der Waals surface area contributed by atoms with E-state index in [1.54, 1.807) is 0 Å². The van der Waals surface area contributed by atoms with E-state index in [4.69, 9.17) is 0 Å². The van der Waals surface area contributed by atoms with E-state index in [1.807, 2.05) is 0 Å². The number of hydrogen-bond donors (Lipinski definition) is 0. The average molecular weight is 180 g/mol. The van der Waals surface area contributed by atoms with Crippen LogP contribution < -0.4 is 0 Å². The largest absolute Gasteiger partial charge is 0.299 e. The Hall–Kier alpha value is -0.330. The minimum atomic E-state index is 0.409. The van der Waals surface area contributed by atoms with Gasteiger partial charge < -0.3 is 0 Å². The molecule has 0 radical (unpaired) electrons. The van der Waals surface area contributed by atoms with Crippen LogP contribution in [-0.2, 0) is 4.79 Å². The molecule has 2 aliphatic carbocycles. The van der Waals surface area contributed by atoms with Gasteiger partial charge in [-0.15, -0.1) is 0 Å². The molecule has 0 bridgehead atoms. The second kappa shape index (κ2) is 3.11. The summed E-state index contributed by atoms with van der Waals surface area (Å²) < 4.78 is 0. The first-order valence-corrected chi connectivity index (χ1v) is 5.64. The molecule has 0 N–H and O–H groups in total. The van der Waals surface area contributed by atoms with E-state index in [0.717, 1.165) is 12.8 Å². The van der Waals surface area contributed by atoms with Crippen molar-refractivity contribution in [3.8, 4) is 0 Å². The Labute approximate surface area is 80.9 Å². The minimum Gasteiger partial charge on any atom is -0.299 e. The third-order valence-corrected chi connectivity index (χ3v) is 3.74. The van der Waals surface area contributed by atoms with Gasteiger partial charge in [0.05, 0.1) is 0 Å². The van der Waals surface area contributed by atoms with Gasteiger partial charge in [0.25, 0.3) is 0 Å². The molecule has 0 aliphatic heterocycles. The fourth-order valence-corrected chi connectivity index (χ4v) is 2.67. The second-order valence-corrected chi connectivity index (χ2v) is 5.51. The summed E-state index contributed by atoms with van der Waals surface area (Å²) in [7, 11) is 0. The summed E-state index contributed by atoms with van der Waals surface area (Å²) in [4.78, 5) is 11.8. The lowest BCUT2D eigenvalue weighted by Gasteiger charge is -2.28. The van der Waals surface area contributed by atoms with Crippen LogP contribution in [0.3, 0.4) is 0 Å². The van der Waals surface area contributed by atoms with E-state index in [9.17, 15) is 4.79 Å². The Bertz CT molecular complexity index is 213. The first-order valence-electron chi connectivity index (χ1n) is 5.64. The SMILES string of the molecule is CC(C)CC1CCC2(CC2)CC1=O. The Kier molecular flexibility index (Phi) is 2.21. The average Bonchev–Trinajstić information content (AvgIpc) is 2.76. The highest BCUT2D eigenvalue weighted by Crippen LogP contribution is 2.56. The molecule has 0 aromatic rings. The van der Waals surface area contributed by atoms with Gasteiger partial charge in [0.2, 0.25) is 0 Å². The van der Waals surface area contributed by atoms with Gasteiger partial charge >= 0.3 is 0 Å². The number of Topliss-reactive ketones (excluding diaryl/α,β-unsaturated/α-hetero) is 1. The van der Waals surface area contributed by atoms with Gasteiger partial charge in [-0.25, -0.2) is 0 Å². The van der Waals surface area contributed by atoms with E-state index in [0.29, 0.717) is 23.0 Å². The summed E-state index contributed by atoms with van der Waals surface area (Å²) in [5.74, 6) is 1.66. The zero-order chi connectivity index (χ0) is 9.47. The van der Waals surface area contributed by atoms with Crippen LogP contribution in [0.2, 0.25) is 0 Å². The van der Waals surface area contributed by atoms with Crippen molar-refractivity contribution < 1.29 is 4.79 Å². The summed E-state index contributed by atoms with van der Waals surface area (Å²) in [5.41, 5.74) is 0.518. The fourth-order valence-electron chi connectivity index (χ4n) is 2.67. The van der Waals surface area contributed by atoms with Crippen LogP contribution in [-0.4, -0.2) is 5.78 Å². The van der Waals surface area contributed by atoms with E-state index in [2.05, 4.69) is 13.8 Å². The number of ketones is 1. The summed E-state index contributed by atoms with van der Waals surface area (Å²) in [6.45, 7) is 4.43. The van der Waals surface area contributed by atoms with Gasteiger partial charge in [-0.3, -0.25) is 4.79 Å². The third kappa shape index (κ3) is 1.95. The molecule has 1 nitrogen and oxygen atoms in total. The molecule has 1 atom stereocenters. The quantitative estimate of drug-likeness (QED) is 0.638. The molecular weight excluding hydrogens is 160 g/mol. The van der Waals surface area contributed by atoms with Crippen molar-refractivity contribution in [3.05, 3.63) is 0 Å². The van der Waals surface area contributed by atoms with Crippen LogP contribution in [0.1, 0.15) is 52.4 Å². The van der Waals surface area contributed by atoms with Crippen molar-refractivity contribution in [1.82, 2.24) is 0 Å². The maximum atomic E-state index is 11.8. The lowest BCUT2D eigenvalue weighted by Crippen LogP contribution is -2.26. The van der Waals surface area contributed by atoms with Crippen molar-refractivity contribution in [3.63, 3.8) is 0 Å². The molecular formula is C12H20O. The summed E-state index contributed by atoms with van der Waals surface area (Å²) >= 11 is 0. The smallest absolute Gasteiger partial charge is 0.136 e. The van der Waals surface area contributed by atoms with Gasteiger partial charge in [0.1, 0.15) is 5.78 Å². The van der Waals surface area contributed by atoms with Crippen LogP contribution in [0.5, 0.6) is 0 Å². The molecule has 0 heterocycles. The van der Waals surface area contributed by atoms with E-state index >= 15 is 0 Å². The zero-order valence-corrected chi connectivity index (χ0v) is 8.81. The van der Waals surface area contributed by atoms with Crippen LogP contribution in [0.4, 0.5) is 0 Å². The molecule has 0 saturated heterocycles. The number of hydrogen-bond acceptors (Lipinski definition) is 1. The maximum Gasteiger partial charge on any atom is 0.136 e. The Balaban J connectivity index is 1.90. The Morgan fingerprint density at radius 2 is 2.08 bits per heavy atom. The van der Waals surface area contributed by atoms with Crippen molar-refractivity contribution in [1.29, 1.82) is 0 Å². The highest BCUT2D eigenvalue weighted by Gasteiger charge is 2.48. The van der Waals surface area contributed by atoms with Crippen LogP contribution >= 0.6 is 0 Å². The van der Waals surface area contributed by atoms with Crippen molar-refractivity contribution in [2.75, 3.05) is 0 Å². The molecule has 2 rings (SSSR count). The molecule has 74 valence electrons. The van der Waals surface area contributed by atoms with Crippen molar-refractivity contribution in [2.45, 2.75) is 52.4 Å². The molecule has 2 aliphatic rings. The summed E-state index contributed by atoms with van der Waals surface area (Å²) in [5, 5.41) is 0. The minimum absolute atomic E-state index is 0.409. The normalized spacial score (nSPS) is 31.3. The maximum absolute atomic E-state index is 11.8. The third-order valence-electron chi connectivity index (χ3n) is 3.74. The standard InChI is InChI=1S/C12H20O/c1-9(2)7-10-3-4-12(5-6-12)8-11(10)13/h9-10H,3-8H2,1-2H3. The van der Waals surface area contributed by atoms with Crippen molar-refractivity contribution >= 4 is 5.78 Å². The predicted molar refractivity (Wildman–Crippen MR) is 53.5 cm³/mol. The first-order chi connectivity index (χ1) is 6.11. The predicted octanol–water partition coefficient (Wildman–Crippen LogP) is 3.18. The molecule has 0 amide bonds. The molecule has 13 heavy (non-hydrogen) atoms. The van der Waals surface area contributed by atoms with E-state index in [-0.39, 0.29) is 0 Å². The molecule has 1 spiro atoms. The van der Waals surface area contributed by atoms with E-state index < -0.39 is 0 Å².